The van der Waals surface area contributed by atoms with Crippen molar-refractivity contribution in [3.05, 3.63) is 55.0 Å². The minimum Gasteiger partial charge on any atom is -0.308 e. The van der Waals surface area contributed by atoms with Crippen LogP contribution in [0.3, 0.4) is 0 Å². The molecule has 0 N–H and O–H groups in total. The topological polar surface area (TPSA) is 22.0 Å². The number of aryl methyl sites for hydroxylation is 1. The van der Waals surface area contributed by atoms with Crippen molar-refractivity contribution in [1.29, 1.82) is 0 Å². The Hall–Kier alpha value is -0.870. The quantitative estimate of drug-likeness (QED) is 0.831. The summed E-state index contributed by atoms with van der Waals surface area (Å²) >= 11 is 5.07. The molecule has 0 fully saturated rings. The molecule has 0 amide bonds. The summed E-state index contributed by atoms with van der Waals surface area (Å²) in [5.41, 5.74) is 1.05. The minimum absolute atomic E-state index is 0.0551. The minimum atomic E-state index is 0.0551. The zero-order chi connectivity index (χ0) is 10.8. The summed E-state index contributed by atoms with van der Waals surface area (Å²) in [5, 5.41) is 0. The second-order valence-electron chi connectivity index (χ2n) is 3.30. The van der Waals surface area contributed by atoms with Crippen LogP contribution in [0.15, 0.2) is 38.9 Å². The van der Waals surface area contributed by atoms with E-state index in [1.807, 2.05) is 25.1 Å². The van der Waals surface area contributed by atoms with E-state index in [0.717, 1.165) is 9.48 Å². The fourth-order valence-corrected chi connectivity index (χ4v) is 2.89. The fraction of sp³-hybridized carbons (Fsp3) is 0.182. The summed E-state index contributed by atoms with van der Waals surface area (Å²) < 4.78 is 2.87. The maximum absolute atomic E-state index is 11.6. The van der Waals surface area contributed by atoms with E-state index < -0.39 is 0 Å². The molecule has 2 aromatic rings. The van der Waals surface area contributed by atoms with Crippen molar-refractivity contribution in [2.24, 2.45) is 0 Å². The summed E-state index contributed by atoms with van der Waals surface area (Å²) in [5.74, 6) is 0. The first-order chi connectivity index (χ1) is 7.16. The van der Waals surface area contributed by atoms with Crippen molar-refractivity contribution in [3.8, 4) is 0 Å². The van der Waals surface area contributed by atoms with Crippen molar-refractivity contribution in [2.45, 2.75) is 13.5 Å². The Morgan fingerprint density at radius 2 is 2.13 bits per heavy atom. The van der Waals surface area contributed by atoms with E-state index in [2.05, 4.69) is 15.9 Å². The van der Waals surface area contributed by atoms with Gasteiger partial charge in [-0.1, -0.05) is 6.07 Å². The lowest BCUT2D eigenvalue weighted by Crippen LogP contribution is -2.20. The van der Waals surface area contributed by atoms with Gasteiger partial charge in [-0.2, -0.15) is 0 Å². The van der Waals surface area contributed by atoms with Crippen LogP contribution in [-0.4, -0.2) is 4.57 Å². The van der Waals surface area contributed by atoms with Gasteiger partial charge in [-0.05, 0) is 41.1 Å². The smallest absolute Gasteiger partial charge is 0.251 e. The van der Waals surface area contributed by atoms with Crippen molar-refractivity contribution in [2.75, 3.05) is 0 Å². The first kappa shape index (κ1) is 10.6. The van der Waals surface area contributed by atoms with Crippen molar-refractivity contribution in [1.82, 2.24) is 4.57 Å². The van der Waals surface area contributed by atoms with Crippen LogP contribution in [0.2, 0.25) is 0 Å². The van der Waals surface area contributed by atoms with Crippen molar-refractivity contribution < 1.29 is 0 Å². The van der Waals surface area contributed by atoms with Gasteiger partial charge in [0.2, 0.25) is 0 Å². The average molecular weight is 284 g/mol. The molecule has 2 aromatic heterocycles. The number of thiophene rings is 1. The molecule has 4 heteroatoms. The Morgan fingerprint density at radius 1 is 1.33 bits per heavy atom. The third-order valence-electron chi connectivity index (χ3n) is 2.21. The van der Waals surface area contributed by atoms with Gasteiger partial charge < -0.3 is 4.57 Å². The molecule has 0 saturated heterocycles. The molecule has 0 spiro atoms. The fourth-order valence-electron chi connectivity index (χ4n) is 1.42. The zero-order valence-electron chi connectivity index (χ0n) is 8.24. The molecule has 2 heterocycles. The van der Waals surface area contributed by atoms with E-state index in [-0.39, 0.29) is 5.56 Å². The maximum Gasteiger partial charge on any atom is 0.251 e. The van der Waals surface area contributed by atoms with Gasteiger partial charge in [-0.25, -0.2) is 0 Å². The lowest BCUT2D eigenvalue weighted by molar-refractivity contribution is 0.739. The SMILES string of the molecule is Cc1cccc(=O)n1Cc1ccc(Br)s1. The van der Waals surface area contributed by atoms with E-state index in [9.17, 15) is 4.79 Å². The lowest BCUT2D eigenvalue weighted by atomic mass is 10.3. The number of hydrogen-bond acceptors (Lipinski definition) is 2. The Balaban J connectivity index is 2.36. The van der Waals surface area contributed by atoms with Crippen LogP contribution in [0.1, 0.15) is 10.6 Å². The van der Waals surface area contributed by atoms with Crippen molar-refractivity contribution in [3.63, 3.8) is 0 Å². The summed E-state index contributed by atoms with van der Waals surface area (Å²) in [6.45, 7) is 2.60. The molecule has 0 aliphatic heterocycles. The molecule has 0 saturated carbocycles. The van der Waals surface area contributed by atoms with Gasteiger partial charge in [0.15, 0.2) is 0 Å². The molecule has 78 valence electrons. The van der Waals surface area contributed by atoms with Gasteiger partial charge >= 0.3 is 0 Å². The van der Waals surface area contributed by atoms with Gasteiger partial charge in [0.1, 0.15) is 0 Å². The third-order valence-corrected chi connectivity index (χ3v) is 3.82. The molecule has 0 radical (unpaired) electrons. The van der Waals surface area contributed by atoms with E-state index in [1.54, 1.807) is 28.0 Å². The van der Waals surface area contributed by atoms with Gasteiger partial charge in [0.25, 0.3) is 5.56 Å². The molecule has 0 aromatic carbocycles. The van der Waals surface area contributed by atoms with Gasteiger partial charge in [0.05, 0.1) is 10.3 Å². The highest BCUT2D eigenvalue weighted by Crippen LogP contribution is 2.22. The molecule has 0 aliphatic carbocycles. The Kier molecular flexibility index (Phi) is 3.07. The highest BCUT2D eigenvalue weighted by atomic mass is 79.9. The molecule has 0 unspecified atom stereocenters. The third kappa shape index (κ3) is 2.38. The average Bonchev–Trinajstić information content (AvgIpc) is 2.58. The number of hydrogen-bond donors (Lipinski definition) is 0. The van der Waals surface area contributed by atoms with E-state index in [4.69, 9.17) is 0 Å². The summed E-state index contributed by atoms with van der Waals surface area (Å²) in [4.78, 5) is 12.8. The van der Waals surface area contributed by atoms with E-state index in [0.29, 0.717) is 6.54 Å². The summed E-state index contributed by atoms with van der Waals surface area (Å²) in [6, 6.07) is 9.37. The molecular formula is C11H10BrNOS. The highest BCUT2D eigenvalue weighted by Gasteiger charge is 2.02. The molecular weight excluding hydrogens is 274 g/mol. The second-order valence-corrected chi connectivity index (χ2v) is 5.84. The largest absolute Gasteiger partial charge is 0.308 e. The van der Waals surface area contributed by atoms with E-state index >= 15 is 0 Å². The van der Waals surface area contributed by atoms with Crippen LogP contribution >= 0.6 is 27.3 Å². The second kappa shape index (κ2) is 4.33. The van der Waals surface area contributed by atoms with Crippen LogP contribution < -0.4 is 5.56 Å². The van der Waals surface area contributed by atoms with Gasteiger partial charge in [-0.15, -0.1) is 11.3 Å². The summed E-state index contributed by atoms with van der Waals surface area (Å²) in [6.07, 6.45) is 0. The number of nitrogens with zero attached hydrogens (tertiary/aromatic N) is 1. The molecule has 2 rings (SSSR count). The predicted octanol–water partition coefficient (Wildman–Crippen LogP) is 3.03. The summed E-state index contributed by atoms with van der Waals surface area (Å²) in [7, 11) is 0. The molecule has 0 atom stereocenters. The Labute approximate surface area is 100 Å². The normalized spacial score (nSPS) is 10.5. The molecule has 0 bridgehead atoms. The predicted molar refractivity (Wildman–Crippen MR) is 66.6 cm³/mol. The Morgan fingerprint density at radius 3 is 2.73 bits per heavy atom. The number of aromatic nitrogens is 1. The standard InChI is InChI=1S/C11H10BrNOS/c1-8-3-2-4-11(14)13(8)7-9-5-6-10(12)15-9/h2-6H,7H2,1H3. The van der Waals surface area contributed by atoms with Crippen LogP contribution in [-0.2, 0) is 6.54 Å². The lowest BCUT2D eigenvalue weighted by Gasteiger charge is -2.06. The number of pyridine rings is 1. The van der Waals surface area contributed by atoms with Crippen LogP contribution in [0.5, 0.6) is 0 Å². The molecule has 15 heavy (non-hydrogen) atoms. The zero-order valence-corrected chi connectivity index (χ0v) is 10.6. The number of rotatable bonds is 2. The molecule has 2 nitrogen and oxygen atoms in total. The monoisotopic (exact) mass is 283 g/mol. The van der Waals surface area contributed by atoms with E-state index in [1.165, 1.54) is 4.88 Å². The van der Waals surface area contributed by atoms with Gasteiger partial charge in [0, 0.05) is 16.6 Å². The van der Waals surface area contributed by atoms with Crippen molar-refractivity contribution >= 4 is 27.3 Å². The number of halogens is 1. The Bertz CT molecular complexity index is 529. The van der Waals surface area contributed by atoms with Crippen LogP contribution in [0, 0.1) is 6.92 Å². The first-order valence-electron chi connectivity index (χ1n) is 4.57. The maximum atomic E-state index is 11.6. The highest BCUT2D eigenvalue weighted by molar-refractivity contribution is 9.11. The van der Waals surface area contributed by atoms with Crippen LogP contribution in [0.4, 0.5) is 0 Å². The molecule has 0 aliphatic rings. The first-order valence-corrected chi connectivity index (χ1v) is 6.18. The van der Waals surface area contributed by atoms with Crippen LogP contribution in [0.25, 0.3) is 0 Å². The van der Waals surface area contributed by atoms with Gasteiger partial charge in [-0.3, -0.25) is 4.79 Å².